The van der Waals surface area contributed by atoms with Gasteiger partial charge in [0.1, 0.15) is 11.6 Å². The standard InChI is InChI=1S/C24H30FN5O3/c1-15(2)23-27-24(33-29-23)30-8-5-16(6-9-30)20-11-17(20)7-10-31-19-4-3-18(21(25)13-19)12-22-28-26-14-32-22/h3-4,13-17,20H,5-12H2,1-2H3/t17-,20-/m1/s1. The van der Waals surface area contributed by atoms with Crippen LogP contribution in [-0.4, -0.2) is 40.0 Å². The van der Waals surface area contributed by atoms with Crippen molar-refractivity contribution in [1.29, 1.82) is 0 Å². The van der Waals surface area contributed by atoms with E-state index in [4.69, 9.17) is 13.7 Å². The summed E-state index contributed by atoms with van der Waals surface area (Å²) >= 11 is 0. The lowest BCUT2D eigenvalue weighted by Crippen LogP contribution is -2.34. The monoisotopic (exact) mass is 455 g/mol. The lowest BCUT2D eigenvalue weighted by atomic mass is 9.90. The van der Waals surface area contributed by atoms with E-state index < -0.39 is 0 Å². The fourth-order valence-corrected chi connectivity index (χ4v) is 4.81. The van der Waals surface area contributed by atoms with E-state index in [0.29, 0.717) is 35.7 Å². The molecule has 2 aliphatic rings. The number of rotatable bonds is 9. The van der Waals surface area contributed by atoms with Gasteiger partial charge in [0.2, 0.25) is 12.3 Å². The minimum atomic E-state index is -0.316. The molecule has 1 saturated carbocycles. The van der Waals surface area contributed by atoms with Crippen LogP contribution in [0, 0.1) is 23.6 Å². The van der Waals surface area contributed by atoms with E-state index in [9.17, 15) is 4.39 Å². The molecular weight excluding hydrogens is 425 g/mol. The Morgan fingerprint density at radius 3 is 2.79 bits per heavy atom. The first-order valence-corrected chi connectivity index (χ1v) is 11.8. The van der Waals surface area contributed by atoms with Crippen molar-refractivity contribution in [1.82, 2.24) is 20.3 Å². The van der Waals surface area contributed by atoms with Gasteiger partial charge >= 0.3 is 6.01 Å². The molecule has 2 aromatic heterocycles. The van der Waals surface area contributed by atoms with Gasteiger partial charge in [-0.1, -0.05) is 25.1 Å². The number of benzene rings is 1. The van der Waals surface area contributed by atoms with Gasteiger partial charge in [-0.15, -0.1) is 10.2 Å². The Balaban J connectivity index is 1.03. The number of ether oxygens (including phenoxy) is 1. The van der Waals surface area contributed by atoms with Crippen LogP contribution in [0.3, 0.4) is 0 Å². The van der Waals surface area contributed by atoms with Gasteiger partial charge in [-0.2, -0.15) is 4.98 Å². The van der Waals surface area contributed by atoms with Gasteiger partial charge in [-0.3, -0.25) is 0 Å². The molecule has 0 bridgehead atoms. The Morgan fingerprint density at radius 1 is 1.24 bits per heavy atom. The topological polar surface area (TPSA) is 90.3 Å². The highest BCUT2D eigenvalue weighted by Crippen LogP contribution is 2.50. The van der Waals surface area contributed by atoms with E-state index in [1.807, 2.05) is 0 Å². The Hall–Kier alpha value is -2.97. The zero-order valence-corrected chi connectivity index (χ0v) is 19.1. The largest absolute Gasteiger partial charge is 0.493 e. The van der Waals surface area contributed by atoms with Gasteiger partial charge in [0.25, 0.3) is 0 Å². The van der Waals surface area contributed by atoms with Crippen molar-refractivity contribution >= 4 is 6.01 Å². The molecule has 2 atom stereocenters. The molecule has 0 unspecified atom stereocenters. The summed E-state index contributed by atoms with van der Waals surface area (Å²) < 4.78 is 30.7. The Bertz CT molecular complexity index is 1050. The molecule has 1 saturated heterocycles. The lowest BCUT2D eigenvalue weighted by molar-refractivity contribution is 0.281. The van der Waals surface area contributed by atoms with Crippen LogP contribution in [0.2, 0.25) is 0 Å². The van der Waals surface area contributed by atoms with Gasteiger partial charge in [0.15, 0.2) is 5.82 Å². The van der Waals surface area contributed by atoms with E-state index in [1.54, 1.807) is 12.1 Å². The zero-order chi connectivity index (χ0) is 22.8. The third-order valence-corrected chi connectivity index (χ3v) is 6.87. The maximum absolute atomic E-state index is 14.4. The summed E-state index contributed by atoms with van der Waals surface area (Å²) in [5.41, 5.74) is 0.515. The minimum Gasteiger partial charge on any atom is -0.493 e. The van der Waals surface area contributed by atoms with Crippen molar-refractivity contribution in [2.24, 2.45) is 17.8 Å². The number of piperidine rings is 1. The number of hydrogen-bond donors (Lipinski definition) is 0. The number of nitrogens with zero attached hydrogens (tertiary/aromatic N) is 5. The SMILES string of the molecule is CC(C)c1noc(N2CCC([C@H]3C[C@H]3CCOc3ccc(Cc4nnco4)c(F)c3)CC2)n1. The zero-order valence-electron chi connectivity index (χ0n) is 19.1. The minimum absolute atomic E-state index is 0.278. The van der Waals surface area contributed by atoms with E-state index in [1.165, 1.54) is 18.9 Å². The van der Waals surface area contributed by atoms with Gasteiger partial charge in [-0.05, 0) is 55.1 Å². The summed E-state index contributed by atoms with van der Waals surface area (Å²) in [5.74, 6) is 3.93. The highest BCUT2D eigenvalue weighted by Gasteiger charge is 2.43. The first-order valence-electron chi connectivity index (χ1n) is 11.8. The van der Waals surface area contributed by atoms with E-state index >= 15 is 0 Å². The Labute approximate surface area is 192 Å². The maximum Gasteiger partial charge on any atom is 0.324 e. The van der Waals surface area contributed by atoms with Crippen LogP contribution in [0.15, 0.2) is 33.5 Å². The van der Waals surface area contributed by atoms with Crippen LogP contribution in [0.25, 0.3) is 0 Å². The summed E-state index contributed by atoms with van der Waals surface area (Å²) in [7, 11) is 0. The van der Waals surface area contributed by atoms with Crippen molar-refractivity contribution < 1.29 is 18.1 Å². The molecule has 3 aromatic rings. The summed E-state index contributed by atoms with van der Waals surface area (Å²) in [4.78, 5) is 6.74. The van der Waals surface area contributed by atoms with E-state index in [2.05, 4.69) is 39.1 Å². The molecule has 1 aliphatic heterocycles. The van der Waals surface area contributed by atoms with E-state index in [0.717, 1.165) is 50.0 Å². The van der Waals surface area contributed by atoms with Gasteiger partial charge in [0, 0.05) is 25.1 Å². The average molecular weight is 456 g/mol. The van der Waals surface area contributed by atoms with Crippen molar-refractivity contribution in [3.05, 3.63) is 47.7 Å². The number of anilines is 1. The van der Waals surface area contributed by atoms with Crippen LogP contribution in [0.5, 0.6) is 5.75 Å². The molecule has 1 aromatic carbocycles. The second-order valence-corrected chi connectivity index (χ2v) is 9.47. The Morgan fingerprint density at radius 2 is 2.09 bits per heavy atom. The number of halogens is 1. The van der Waals surface area contributed by atoms with Gasteiger partial charge in [-0.25, -0.2) is 4.39 Å². The van der Waals surface area contributed by atoms with Crippen LogP contribution >= 0.6 is 0 Å². The third kappa shape index (κ3) is 5.17. The normalized spacial score (nSPS) is 21.0. The van der Waals surface area contributed by atoms with E-state index in [-0.39, 0.29) is 18.2 Å². The van der Waals surface area contributed by atoms with Crippen LogP contribution in [0.4, 0.5) is 10.4 Å². The predicted octanol–water partition coefficient (Wildman–Crippen LogP) is 4.63. The van der Waals surface area contributed by atoms with Crippen molar-refractivity contribution in [3.63, 3.8) is 0 Å². The molecule has 8 nitrogen and oxygen atoms in total. The van der Waals surface area contributed by atoms with Crippen molar-refractivity contribution in [3.8, 4) is 5.75 Å². The first kappa shape index (κ1) is 21.9. The highest BCUT2D eigenvalue weighted by molar-refractivity contribution is 5.30. The summed E-state index contributed by atoms with van der Waals surface area (Å²) in [6.07, 6.45) is 6.12. The molecule has 3 heterocycles. The molecule has 0 radical (unpaired) electrons. The smallest absolute Gasteiger partial charge is 0.324 e. The molecule has 2 fully saturated rings. The highest BCUT2D eigenvalue weighted by atomic mass is 19.1. The fourth-order valence-electron chi connectivity index (χ4n) is 4.81. The fraction of sp³-hybridized carbons (Fsp3) is 0.583. The van der Waals surface area contributed by atoms with Crippen LogP contribution < -0.4 is 9.64 Å². The predicted molar refractivity (Wildman–Crippen MR) is 119 cm³/mol. The quantitative estimate of drug-likeness (QED) is 0.461. The molecule has 0 spiro atoms. The molecular formula is C24H30FN5O3. The summed E-state index contributed by atoms with van der Waals surface area (Å²) in [6.45, 7) is 6.70. The summed E-state index contributed by atoms with van der Waals surface area (Å²) in [5, 5.41) is 11.5. The number of aromatic nitrogens is 4. The molecule has 33 heavy (non-hydrogen) atoms. The second kappa shape index (κ2) is 9.49. The third-order valence-electron chi connectivity index (χ3n) is 6.87. The molecule has 176 valence electrons. The average Bonchev–Trinajstić information content (AvgIpc) is 3.17. The van der Waals surface area contributed by atoms with Gasteiger partial charge in [0.05, 0.1) is 13.0 Å². The van der Waals surface area contributed by atoms with Gasteiger partial charge < -0.3 is 18.6 Å². The van der Waals surface area contributed by atoms with Crippen LogP contribution in [0.1, 0.15) is 62.7 Å². The molecule has 0 amide bonds. The second-order valence-electron chi connectivity index (χ2n) is 9.47. The summed E-state index contributed by atoms with van der Waals surface area (Å²) in [6, 6.07) is 5.62. The first-order chi connectivity index (χ1) is 16.1. The molecule has 1 aliphatic carbocycles. The Kier molecular flexibility index (Phi) is 6.28. The lowest BCUT2D eigenvalue weighted by Gasteiger charge is -2.30. The van der Waals surface area contributed by atoms with Crippen molar-refractivity contribution in [2.45, 2.75) is 51.9 Å². The molecule has 0 N–H and O–H groups in total. The van der Waals surface area contributed by atoms with Crippen molar-refractivity contribution in [2.75, 3.05) is 24.6 Å². The molecule has 9 heteroatoms. The number of hydrogen-bond acceptors (Lipinski definition) is 8. The van der Waals surface area contributed by atoms with Crippen LogP contribution in [-0.2, 0) is 6.42 Å². The maximum atomic E-state index is 14.4. The molecule has 5 rings (SSSR count).